The molecule has 1 heterocycles. The fraction of sp³-hybridized carbons (Fsp3) is 0.200. The van der Waals surface area contributed by atoms with E-state index in [4.69, 9.17) is 0 Å². The third-order valence-electron chi connectivity index (χ3n) is 4.48. The van der Waals surface area contributed by atoms with Crippen molar-refractivity contribution >= 4 is 11.6 Å². The molecule has 0 saturated heterocycles. The number of likely N-dealkylation sites (N-methyl/N-ethyl adjacent to an activating group) is 1. The average Bonchev–Trinajstić information content (AvgIpc) is 3.22. The van der Waals surface area contributed by atoms with Crippen LogP contribution in [0.1, 0.15) is 22.0 Å². The second kappa shape index (κ2) is 8.45. The molecule has 3 aromatic rings. The van der Waals surface area contributed by atoms with Crippen molar-refractivity contribution in [1.82, 2.24) is 19.8 Å². The van der Waals surface area contributed by atoms with E-state index in [1.807, 2.05) is 49.3 Å². The van der Waals surface area contributed by atoms with Crippen LogP contribution < -0.4 is 5.32 Å². The molecule has 28 heavy (non-hydrogen) atoms. The molecule has 8 heteroatoms. The number of nitrogens with one attached hydrogen (secondary N) is 1. The van der Waals surface area contributed by atoms with E-state index in [0.29, 0.717) is 12.2 Å². The quantitative estimate of drug-likeness (QED) is 0.503. The van der Waals surface area contributed by atoms with Crippen molar-refractivity contribution in [2.75, 3.05) is 20.6 Å². The summed E-state index contributed by atoms with van der Waals surface area (Å²) in [5.41, 5.74) is 1.52. The fourth-order valence-corrected chi connectivity index (χ4v) is 3.00. The molecular weight excluding hydrogens is 358 g/mol. The van der Waals surface area contributed by atoms with Gasteiger partial charge in [-0.2, -0.15) is 0 Å². The van der Waals surface area contributed by atoms with Crippen molar-refractivity contribution in [3.8, 4) is 5.69 Å². The molecule has 0 fully saturated rings. The van der Waals surface area contributed by atoms with Crippen LogP contribution in [0.15, 0.2) is 67.3 Å². The minimum Gasteiger partial charge on any atom is -0.350 e. The van der Waals surface area contributed by atoms with Crippen LogP contribution in [-0.2, 0) is 0 Å². The van der Waals surface area contributed by atoms with Gasteiger partial charge < -0.3 is 14.8 Å². The molecule has 0 bridgehead atoms. The lowest BCUT2D eigenvalue weighted by atomic mass is 10.1. The summed E-state index contributed by atoms with van der Waals surface area (Å²) in [4.78, 5) is 29.5. The lowest BCUT2D eigenvalue weighted by molar-refractivity contribution is -0.384. The molecule has 0 radical (unpaired) electrons. The smallest absolute Gasteiger partial charge is 0.294 e. The first-order chi connectivity index (χ1) is 13.5. The molecule has 3 rings (SSSR count). The Balaban J connectivity index is 1.79. The summed E-state index contributed by atoms with van der Waals surface area (Å²) in [5, 5.41) is 14.3. The zero-order valence-electron chi connectivity index (χ0n) is 15.6. The molecule has 8 nitrogen and oxygen atoms in total. The molecule has 1 aromatic heterocycles. The first-order valence-electron chi connectivity index (χ1n) is 8.73. The largest absolute Gasteiger partial charge is 0.350 e. The third-order valence-corrected chi connectivity index (χ3v) is 4.48. The van der Waals surface area contributed by atoms with Crippen molar-refractivity contribution in [3.63, 3.8) is 0 Å². The summed E-state index contributed by atoms with van der Waals surface area (Å²) in [5.74, 6) is -0.358. The van der Waals surface area contributed by atoms with Crippen LogP contribution in [0.25, 0.3) is 5.69 Å². The van der Waals surface area contributed by atoms with Crippen LogP contribution in [0.4, 0.5) is 5.69 Å². The van der Waals surface area contributed by atoms with Gasteiger partial charge >= 0.3 is 0 Å². The normalized spacial score (nSPS) is 12.0. The molecule has 0 saturated carbocycles. The SMILES string of the molecule is CN(C)C(CNC(=O)c1ccc(-n2ccnc2)c([N+](=O)[O-])c1)c1ccccc1. The second-order valence-corrected chi connectivity index (χ2v) is 6.53. The van der Waals surface area contributed by atoms with E-state index < -0.39 is 4.92 Å². The number of rotatable bonds is 7. The van der Waals surface area contributed by atoms with Crippen LogP contribution >= 0.6 is 0 Å². The Morgan fingerprint density at radius 3 is 2.61 bits per heavy atom. The summed E-state index contributed by atoms with van der Waals surface area (Å²) in [6.07, 6.45) is 4.63. The van der Waals surface area contributed by atoms with E-state index in [9.17, 15) is 14.9 Å². The molecule has 2 aromatic carbocycles. The lowest BCUT2D eigenvalue weighted by Crippen LogP contribution is -2.34. The Kier molecular flexibility index (Phi) is 5.81. The number of benzene rings is 2. The molecule has 0 spiro atoms. The van der Waals surface area contributed by atoms with Crippen molar-refractivity contribution in [3.05, 3.63) is 88.5 Å². The van der Waals surface area contributed by atoms with Gasteiger partial charge in [-0.25, -0.2) is 4.98 Å². The van der Waals surface area contributed by atoms with Gasteiger partial charge in [0.15, 0.2) is 0 Å². The van der Waals surface area contributed by atoms with E-state index in [0.717, 1.165) is 5.56 Å². The highest BCUT2D eigenvalue weighted by molar-refractivity contribution is 5.95. The molecule has 1 atom stereocenters. The highest BCUT2D eigenvalue weighted by Gasteiger charge is 2.20. The summed E-state index contributed by atoms with van der Waals surface area (Å²) < 4.78 is 1.54. The number of carbonyl (C=O) groups excluding carboxylic acids is 1. The Morgan fingerprint density at radius 2 is 2.00 bits per heavy atom. The maximum Gasteiger partial charge on any atom is 0.294 e. The number of hydrogen-bond donors (Lipinski definition) is 1. The van der Waals surface area contributed by atoms with Crippen LogP contribution in [0.5, 0.6) is 0 Å². The van der Waals surface area contributed by atoms with Gasteiger partial charge in [0, 0.05) is 30.6 Å². The summed E-state index contributed by atoms with van der Waals surface area (Å²) in [6.45, 7) is 0.382. The molecule has 1 unspecified atom stereocenters. The highest BCUT2D eigenvalue weighted by atomic mass is 16.6. The molecular formula is C20H21N5O3. The van der Waals surface area contributed by atoms with Gasteiger partial charge in [0.25, 0.3) is 11.6 Å². The first kappa shape index (κ1) is 19.2. The topological polar surface area (TPSA) is 93.3 Å². The molecule has 0 aliphatic heterocycles. The zero-order valence-corrected chi connectivity index (χ0v) is 15.6. The Hall–Kier alpha value is -3.52. The minimum atomic E-state index is -0.501. The monoisotopic (exact) mass is 379 g/mol. The Morgan fingerprint density at radius 1 is 1.25 bits per heavy atom. The zero-order chi connectivity index (χ0) is 20.1. The number of nitrogens with zero attached hydrogens (tertiary/aromatic N) is 4. The van der Waals surface area contributed by atoms with Crippen molar-refractivity contribution < 1.29 is 9.72 Å². The predicted octanol–water partition coefficient (Wildman–Crippen LogP) is 2.81. The van der Waals surface area contributed by atoms with E-state index in [-0.39, 0.29) is 23.2 Å². The minimum absolute atomic E-state index is 0.00893. The summed E-state index contributed by atoms with van der Waals surface area (Å²) in [6, 6.07) is 14.2. The number of carbonyl (C=O) groups is 1. The van der Waals surface area contributed by atoms with E-state index >= 15 is 0 Å². The van der Waals surface area contributed by atoms with Gasteiger partial charge in [0.1, 0.15) is 5.69 Å². The number of aromatic nitrogens is 2. The number of nitro benzene ring substituents is 1. The second-order valence-electron chi connectivity index (χ2n) is 6.53. The standard InChI is InChI=1S/C20H21N5O3/c1-23(2)19(15-6-4-3-5-7-15)13-22-20(26)16-8-9-17(18(12-16)25(27)28)24-11-10-21-14-24/h3-12,14,19H,13H2,1-2H3,(H,22,26). The molecule has 1 amide bonds. The van der Waals surface area contributed by atoms with Gasteiger partial charge in [-0.1, -0.05) is 30.3 Å². The Labute approximate surface area is 162 Å². The fourth-order valence-electron chi connectivity index (χ4n) is 3.00. The highest BCUT2D eigenvalue weighted by Crippen LogP contribution is 2.24. The third kappa shape index (κ3) is 4.24. The summed E-state index contributed by atoms with van der Waals surface area (Å²) in [7, 11) is 3.88. The number of hydrogen-bond acceptors (Lipinski definition) is 5. The maximum absolute atomic E-state index is 12.6. The average molecular weight is 379 g/mol. The molecule has 1 N–H and O–H groups in total. The van der Waals surface area contributed by atoms with Gasteiger partial charge in [-0.15, -0.1) is 0 Å². The molecule has 0 aliphatic carbocycles. The van der Waals surface area contributed by atoms with Crippen molar-refractivity contribution in [2.45, 2.75) is 6.04 Å². The van der Waals surface area contributed by atoms with E-state index in [1.165, 1.54) is 23.2 Å². The van der Waals surface area contributed by atoms with Crippen LogP contribution in [0, 0.1) is 10.1 Å². The predicted molar refractivity (Wildman–Crippen MR) is 105 cm³/mol. The van der Waals surface area contributed by atoms with Crippen LogP contribution in [-0.4, -0.2) is 45.9 Å². The van der Waals surface area contributed by atoms with Gasteiger partial charge in [0.2, 0.25) is 0 Å². The van der Waals surface area contributed by atoms with Crippen molar-refractivity contribution in [2.24, 2.45) is 0 Å². The van der Waals surface area contributed by atoms with Crippen LogP contribution in [0.3, 0.4) is 0 Å². The first-order valence-corrected chi connectivity index (χ1v) is 8.73. The maximum atomic E-state index is 12.6. The van der Waals surface area contributed by atoms with E-state index in [1.54, 1.807) is 18.3 Å². The van der Waals surface area contributed by atoms with E-state index in [2.05, 4.69) is 10.3 Å². The van der Waals surface area contributed by atoms with Gasteiger partial charge in [-0.3, -0.25) is 14.9 Å². The Bertz CT molecular complexity index is 955. The summed E-state index contributed by atoms with van der Waals surface area (Å²) >= 11 is 0. The number of imidazole rings is 1. The van der Waals surface area contributed by atoms with Gasteiger partial charge in [-0.05, 0) is 31.8 Å². The van der Waals surface area contributed by atoms with Gasteiger partial charge in [0.05, 0.1) is 17.3 Å². The lowest BCUT2D eigenvalue weighted by Gasteiger charge is -2.25. The van der Waals surface area contributed by atoms with Crippen LogP contribution in [0.2, 0.25) is 0 Å². The van der Waals surface area contributed by atoms with Crippen molar-refractivity contribution in [1.29, 1.82) is 0 Å². The number of amides is 1. The molecule has 144 valence electrons. The molecule has 0 aliphatic rings. The number of nitro groups is 1.